The van der Waals surface area contributed by atoms with Gasteiger partial charge in [0, 0.05) is 57.3 Å². The van der Waals surface area contributed by atoms with E-state index in [9.17, 15) is 9.59 Å². The Morgan fingerprint density at radius 3 is 2.48 bits per heavy atom. The van der Waals surface area contributed by atoms with Crippen molar-refractivity contribution in [3.05, 3.63) is 76.3 Å². The summed E-state index contributed by atoms with van der Waals surface area (Å²) in [5.41, 5.74) is 3.84. The third-order valence-electron chi connectivity index (χ3n) is 6.29. The second-order valence-corrected chi connectivity index (χ2v) is 8.32. The molecule has 0 radical (unpaired) electrons. The van der Waals surface area contributed by atoms with Crippen LogP contribution in [0, 0.1) is 5.92 Å². The zero-order valence-electron chi connectivity index (χ0n) is 17.6. The molecule has 5 rings (SSSR count). The van der Waals surface area contributed by atoms with E-state index in [0.717, 1.165) is 24.9 Å². The summed E-state index contributed by atoms with van der Waals surface area (Å²) in [5, 5.41) is 0. The second kappa shape index (κ2) is 7.98. The molecule has 0 bridgehead atoms. The molecule has 1 saturated heterocycles. The van der Waals surface area contributed by atoms with Gasteiger partial charge in [-0.3, -0.25) is 19.1 Å². The Bertz CT molecular complexity index is 1150. The molecule has 0 N–H and O–H groups in total. The van der Waals surface area contributed by atoms with Gasteiger partial charge in [0.15, 0.2) is 0 Å². The van der Waals surface area contributed by atoms with Crippen LogP contribution in [-0.2, 0) is 24.9 Å². The van der Waals surface area contributed by atoms with Gasteiger partial charge < -0.3 is 9.80 Å². The molecule has 1 atom stereocenters. The summed E-state index contributed by atoms with van der Waals surface area (Å²) in [6, 6.07) is 13.5. The van der Waals surface area contributed by atoms with Crippen molar-refractivity contribution in [2.24, 2.45) is 13.0 Å². The fourth-order valence-corrected chi connectivity index (χ4v) is 4.59. The molecule has 31 heavy (non-hydrogen) atoms. The molecular formula is C24H25N5O2. The standard InChI is InChI=1S/C24H25N5O2/c1-27-22(30)13-21(17-8-10-25-11-9-17)26-24(27)28-12-4-7-20(16-28)23(31)29-14-18-5-2-3-6-19(18)15-29/h2-3,5-6,8-11,13,20H,4,7,12,14-16H2,1H3. The Hall–Kier alpha value is -3.48. The van der Waals surface area contributed by atoms with Crippen LogP contribution >= 0.6 is 0 Å². The van der Waals surface area contributed by atoms with Gasteiger partial charge in [0.2, 0.25) is 11.9 Å². The van der Waals surface area contributed by atoms with E-state index in [0.29, 0.717) is 31.3 Å². The fraction of sp³-hybridized carbons (Fsp3) is 0.333. The number of anilines is 1. The van der Waals surface area contributed by atoms with Gasteiger partial charge in [-0.2, -0.15) is 0 Å². The normalized spacial score (nSPS) is 18.2. The molecule has 7 nitrogen and oxygen atoms in total. The molecule has 1 unspecified atom stereocenters. The van der Waals surface area contributed by atoms with Gasteiger partial charge in [0.25, 0.3) is 5.56 Å². The van der Waals surface area contributed by atoms with Crippen LogP contribution in [-0.4, -0.2) is 38.4 Å². The van der Waals surface area contributed by atoms with E-state index in [1.54, 1.807) is 30.1 Å². The smallest absolute Gasteiger partial charge is 0.255 e. The largest absolute Gasteiger partial charge is 0.341 e. The van der Waals surface area contributed by atoms with E-state index in [2.05, 4.69) is 22.0 Å². The van der Waals surface area contributed by atoms with Crippen molar-refractivity contribution in [1.82, 2.24) is 19.4 Å². The van der Waals surface area contributed by atoms with E-state index in [1.807, 2.05) is 29.2 Å². The molecular weight excluding hydrogens is 390 g/mol. The summed E-state index contributed by atoms with van der Waals surface area (Å²) in [6.45, 7) is 2.72. The lowest BCUT2D eigenvalue weighted by atomic mass is 9.96. The molecule has 0 saturated carbocycles. The molecule has 0 aliphatic carbocycles. The quantitative estimate of drug-likeness (QED) is 0.658. The highest BCUT2D eigenvalue weighted by Crippen LogP contribution is 2.28. The highest BCUT2D eigenvalue weighted by molar-refractivity contribution is 5.80. The number of hydrogen-bond acceptors (Lipinski definition) is 5. The summed E-state index contributed by atoms with van der Waals surface area (Å²) < 4.78 is 1.57. The number of pyridine rings is 1. The minimum Gasteiger partial charge on any atom is -0.341 e. The summed E-state index contributed by atoms with van der Waals surface area (Å²) in [6.07, 6.45) is 5.14. The zero-order valence-corrected chi connectivity index (χ0v) is 17.6. The minimum absolute atomic E-state index is 0.0930. The number of piperidine rings is 1. The van der Waals surface area contributed by atoms with Crippen molar-refractivity contribution in [3.8, 4) is 11.3 Å². The lowest BCUT2D eigenvalue weighted by Gasteiger charge is -2.35. The number of carbonyl (C=O) groups is 1. The van der Waals surface area contributed by atoms with Gasteiger partial charge >= 0.3 is 0 Å². The van der Waals surface area contributed by atoms with Gasteiger partial charge in [-0.15, -0.1) is 0 Å². The number of nitrogens with zero attached hydrogens (tertiary/aromatic N) is 5. The first-order chi connectivity index (χ1) is 15.1. The first kappa shape index (κ1) is 19.5. The van der Waals surface area contributed by atoms with Gasteiger partial charge in [-0.1, -0.05) is 24.3 Å². The Kier molecular flexibility index (Phi) is 5.02. The SMILES string of the molecule is Cn1c(N2CCCC(C(=O)N3Cc4ccccc4C3)C2)nc(-c2ccncc2)cc1=O. The Morgan fingerprint density at radius 1 is 1.06 bits per heavy atom. The average molecular weight is 415 g/mol. The van der Waals surface area contributed by atoms with Crippen LogP contribution in [0.5, 0.6) is 0 Å². The first-order valence-electron chi connectivity index (χ1n) is 10.7. The highest BCUT2D eigenvalue weighted by atomic mass is 16.2. The fourth-order valence-electron chi connectivity index (χ4n) is 4.59. The Morgan fingerprint density at radius 2 is 1.77 bits per heavy atom. The van der Waals surface area contributed by atoms with Crippen molar-refractivity contribution in [1.29, 1.82) is 0 Å². The predicted octanol–water partition coefficient (Wildman–Crippen LogP) is 2.60. The summed E-state index contributed by atoms with van der Waals surface area (Å²) >= 11 is 0. The summed E-state index contributed by atoms with van der Waals surface area (Å²) in [5.74, 6) is 0.710. The van der Waals surface area contributed by atoms with E-state index < -0.39 is 0 Å². The van der Waals surface area contributed by atoms with Crippen LogP contribution in [0.3, 0.4) is 0 Å². The number of benzene rings is 1. The monoisotopic (exact) mass is 415 g/mol. The lowest BCUT2D eigenvalue weighted by molar-refractivity contribution is -0.136. The minimum atomic E-state index is -0.111. The third-order valence-corrected chi connectivity index (χ3v) is 6.29. The topological polar surface area (TPSA) is 71.3 Å². The number of carbonyl (C=O) groups excluding carboxylic acids is 1. The average Bonchev–Trinajstić information content (AvgIpc) is 3.25. The highest BCUT2D eigenvalue weighted by Gasteiger charge is 2.33. The van der Waals surface area contributed by atoms with Crippen LogP contribution in [0.2, 0.25) is 0 Å². The maximum absolute atomic E-state index is 13.3. The number of amides is 1. The van der Waals surface area contributed by atoms with Crippen molar-refractivity contribution < 1.29 is 4.79 Å². The van der Waals surface area contributed by atoms with E-state index in [4.69, 9.17) is 4.98 Å². The molecule has 4 heterocycles. The van der Waals surface area contributed by atoms with E-state index >= 15 is 0 Å². The predicted molar refractivity (Wildman–Crippen MR) is 118 cm³/mol. The molecule has 7 heteroatoms. The number of hydrogen-bond donors (Lipinski definition) is 0. The molecule has 2 aliphatic rings. The summed E-state index contributed by atoms with van der Waals surface area (Å²) in [7, 11) is 1.74. The zero-order chi connectivity index (χ0) is 21.4. The van der Waals surface area contributed by atoms with Gasteiger partial charge in [0.05, 0.1) is 11.6 Å². The van der Waals surface area contributed by atoms with Crippen molar-refractivity contribution in [3.63, 3.8) is 0 Å². The number of rotatable bonds is 3. The molecule has 2 aromatic heterocycles. The number of fused-ring (bicyclic) bond motifs is 1. The Labute approximate surface area is 181 Å². The maximum atomic E-state index is 13.3. The molecule has 1 amide bonds. The second-order valence-electron chi connectivity index (χ2n) is 8.32. The van der Waals surface area contributed by atoms with Crippen molar-refractivity contribution >= 4 is 11.9 Å². The van der Waals surface area contributed by atoms with Crippen LogP contribution in [0.15, 0.2) is 59.7 Å². The summed E-state index contributed by atoms with van der Waals surface area (Å²) in [4.78, 5) is 38.8. The molecule has 3 aromatic rings. The molecule has 2 aliphatic heterocycles. The molecule has 1 aromatic carbocycles. The first-order valence-corrected chi connectivity index (χ1v) is 10.7. The van der Waals surface area contributed by atoms with Gasteiger partial charge in [-0.25, -0.2) is 4.98 Å². The van der Waals surface area contributed by atoms with Crippen LogP contribution in [0.1, 0.15) is 24.0 Å². The number of aromatic nitrogens is 3. The van der Waals surface area contributed by atoms with Gasteiger partial charge in [-0.05, 0) is 36.1 Å². The van der Waals surface area contributed by atoms with Crippen LogP contribution in [0.4, 0.5) is 5.95 Å². The molecule has 0 spiro atoms. The lowest BCUT2D eigenvalue weighted by Crippen LogP contribution is -2.45. The van der Waals surface area contributed by atoms with Gasteiger partial charge in [0.1, 0.15) is 0 Å². The Balaban J connectivity index is 1.38. The van der Waals surface area contributed by atoms with E-state index in [1.165, 1.54) is 11.1 Å². The van der Waals surface area contributed by atoms with Crippen molar-refractivity contribution in [2.45, 2.75) is 25.9 Å². The molecule has 1 fully saturated rings. The van der Waals surface area contributed by atoms with E-state index in [-0.39, 0.29) is 17.4 Å². The van der Waals surface area contributed by atoms with Crippen LogP contribution < -0.4 is 10.5 Å². The third kappa shape index (κ3) is 3.71. The molecule has 158 valence electrons. The maximum Gasteiger partial charge on any atom is 0.255 e. The van der Waals surface area contributed by atoms with Crippen molar-refractivity contribution in [2.75, 3.05) is 18.0 Å². The van der Waals surface area contributed by atoms with Crippen LogP contribution in [0.25, 0.3) is 11.3 Å².